The average molecular weight is 383 g/mol. The van der Waals surface area contributed by atoms with E-state index in [0.717, 1.165) is 50.5 Å². The van der Waals surface area contributed by atoms with E-state index in [9.17, 15) is 0 Å². The molecule has 2 N–H and O–H groups in total. The summed E-state index contributed by atoms with van der Waals surface area (Å²) in [7, 11) is 0. The molecule has 0 aromatic carbocycles. The van der Waals surface area contributed by atoms with Crippen LogP contribution in [-0.2, 0) is 0 Å². The number of hydrogen-bond acceptors (Lipinski definition) is 6. The van der Waals surface area contributed by atoms with Gasteiger partial charge in [-0.25, -0.2) is 9.97 Å². The molecule has 1 saturated heterocycles. The van der Waals surface area contributed by atoms with Gasteiger partial charge in [-0.15, -0.1) is 24.8 Å². The molecule has 0 atom stereocenters. The summed E-state index contributed by atoms with van der Waals surface area (Å²) in [6.07, 6.45) is 7.49. The lowest BCUT2D eigenvalue weighted by Crippen LogP contribution is -2.47. The predicted octanol–water partition coefficient (Wildman–Crippen LogP) is 2.25. The zero-order valence-electron chi connectivity index (χ0n) is 14.0. The predicted molar refractivity (Wildman–Crippen MR) is 105 cm³/mol. The van der Waals surface area contributed by atoms with Gasteiger partial charge in [-0.3, -0.25) is 4.98 Å². The number of anilines is 2. The first-order valence-corrected chi connectivity index (χ1v) is 8.27. The molecule has 2 fully saturated rings. The third kappa shape index (κ3) is 4.32. The second-order valence-corrected chi connectivity index (χ2v) is 6.41. The molecule has 0 bridgehead atoms. The number of halogens is 2. The van der Waals surface area contributed by atoms with Gasteiger partial charge < -0.3 is 15.5 Å². The van der Waals surface area contributed by atoms with Crippen LogP contribution < -0.4 is 15.5 Å². The van der Waals surface area contributed by atoms with Crippen LogP contribution in [0.4, 0.5) is 11.5 Å². The van der Waals surface area contributed by atoms with Crippen molar-refractivity contribution in [1.29, 1.82) is 0 Å². The van der Waals surface area contributed by atoms with Crippen LogP contribution >= 0.6 is 24.8 Å². The van der Waals surface area contributed by atoms with Gasteiger partial charge in [-0.1, -0.05) is 0 Å². The first-order valence-electron chi connectivity index (χ1n) is 8.27. The van der Waals surface area contributed by atoms with Crippen LogP contribution in [-0.4, -0.2) is 47.2 Å². The highest BCUT2D eigenvalue weighted by molar-refractivity contribution is 5.85. The molecule has 3 heterocycles. The molecule has 4 rings (SSSR count). The highest BCUT2D eigenvalue weighted by atomic mass is 35.5. The first-order chi connectivity index (χ1) is 11.3. The summed E-state index contributed by atoms with van der Waals surface area (Å²) in [5.74, 6) is 1.56. The summed E-state index contributed by atoms with van der Waals surface area (Å²) >= 11 is 0. The Morgan fingerprint density at radius 2 is 1.56 bits per heavy atom. The van der Waals surface area contributed by atoms with Crippen LogP contribution in [0.3, 0.4) is 0 Å². The zero-order chi connectivity index (χ0) is 15.6. The maximum atomic E-state index is 5.89. The third-order valence-corrected chi connectivity index (χ3v) is 4.90. The normalized spacial score (nSPS) is 22.4. The number of hydrogen-bond donors (Lipinski definition) is 1. The van der Waals surface area contributed by atoms with Crippen molar-refractivity contribution < 1.29 is 0 Å². The fourth-order valence-corrected chi connectivity index (χ4v) is 3.41. The van der Waals surface area contributed by atoms with Gasteiger partial charge in [0, 0.05) is 68.0 Å². The molecule has 1 aliphatic heterocycles. The van der Waals surface area contributed by atoms with Gasteiger partial charge in [0.2, 0.25) is 0 Å². The lowest BCUT2D eigenvalue weighted by atomic mass is 9.78. The largest absolute Gasteiger partial charge is 0.368 e. The van der Waals surface area contributed by atoms with Gasteiger partial charge in [0.05, 0.1) is 0 Å². The fraction of sp³-hybridized carbons (Fsp3) is 0.471. The summed E-state index contributed by atoms with van der Waals surface area (Å²) in [6.45, 7) is 3.95. The Labute approximate surface area is 160 Å². The lowest BCUT2D eigenvalue weighted by molar-refractivity contribution is 0.345. The van der Waals surface area contributed by atoms with E-state index in [-0.39, 0.29) is 24.8 Å². The van der Waals surface area contributed by atoms with Gasteiger partial charge in [-0.2, -0.15) is 0 Å². The Hall–Kier alpha value is -1.63. The molecule has 0 unspecified atom stereocenters. The highest BCUT2D eigenvalue weighted by Gasteiger charge is 2.29. The summed E-state index contributed by atoms with van der Waals surface area (Å²) in [6, 6.07) is 6.64. The number of aromatic nitrogens is 3. The number of piperazine rings is 1. The fourth-order valence-electron chi connectivity index (χ4n) is 3.41. The van der Waals surface area contributed by atoms with Crippen molar-refractivity contribution in [3.63, 3.8) is 0 Å². The van der Waals surface area contributed by atoms with Crippen LogP contribution in [0.5, 0.6) is 0 Å². The number of nitrogens with zero attached hydrogens (tertiary/aromatic N) is 5. The minimum absolute atomic E-state index is 0. The maximum absolute atomic E-state index is 5.89. The van der Waals surface area contributed by atoms with Crippen molar-refractivity contribution in [2.24, 2.45) is 5.73 Å². The van der Waals surface area contributed by atoms with Gasteiger partial charge >= 0.3 is 0 Å². The Bertz CT molecular complexity index is 657. The Morgan fingerprint density at radius 1 is 0.920 bits per heavy atom. The van der Waals surface area contributed by atoms with Crippen LogP contribution in [0.15, 0.2) is 36.9 Å². The molecule has 2 aromatic rings. The molecule has 25 heavy (non-hydrogen) atoms. The Kier molecular flexibility index (Phi) is 6.81. The summed E-state index contributed by atoms with van der Waals surface area (Å²) in [4.78, 5) is 17.7. The van der Waals surface area contributed by atoms with E-state index >= 15 is 0 Å². The van der Waals surface area contributed by atoms with Crippen LogP contribution in [0.25, 0.3) is 0 Å². The molecule has 1 saturated carbocycles. The number of rotatable bonds is 3. The molecule has 0 amide bonds. The zero-order valence-corrected chi connectivity index (χ0v) is 15.6. The van der Waals surface area contributed by atoms with Gasteiger partial charge in [0.15, 0.2) is 0 Å². The molecule has 8 heteroatoms. The second-order valence-electron chi connectivity index (χ2n) is 6.41. The maximum Gasteiger partial charge on any atom is 0.132 e. The van der Waals surface area contributed by atoms with E-state index in [2.05, 4.69) is 43.0 Å². The summed E-state index contributed by atoms with van der Waals surface area (Å²) in [5.41, 5.74) is 8.28. The molecule has 6 nitrogen and oxygen atoms in total. The Balaban J connectivity index is 0.00000113. The number of pyridine rings is 1. The van der Waals surface area contributed by atoms with Crippen LogP contribution in [0.2, 0.25) is 0 Å². The van der Waals surface area contributed by atoms with E-state index in [1.807, 2.05) is 12.4 Å². The second kappa shape index (κ2) is 8.65. The first kappa shape index (κ1) is 19.7. The van der Waals surface area contributed by atoms with Crippen molar-refractivity contribution in [2.75, 3.05) is 36.0 Å². The van der Waals surface area contributed by atoms with E-state index in [4.69, 9.17) is 5.73 Å². The SMILES string of the molecule is Cl.Cl.NC1CC(c2cc(N3CCN(c4ccncc4)CC3)ncn2)C1. The molecular weight excluding hydrogens is 359 g/mol. The van der Waals surface area contributed by atoms with E-state index < -0.39 is 0 Å². The molecular formula is C17H24Cl2N6. The van der Waals surface area contributed by atoms with Gasteiger partial charge in [0.1, 0.15) is 12.1 Å². The van der Waals surface area contributed by atoms with Gasteiger partial charge in [-0.05, 0) is 25.0 Å². The van der Waals surface area contributed by atoms with E-state index in [1.165, 1.54) is 5.69 Å². The lowest BCUT2D eigenvalue weighted by Gasteiger charge is -2.37. The standard InChI is InChI=1S/C17H22N6.2ClH/c18-14-9-13(10-14)16-11-17(21-12-20-16)23-7-5-22(6-8-23)15-1-3-19-4-2-15;;/h1-4,11-14H,5-10,18H2;2*1H. The van der Waals surface area contributed by atoms with Crippen molar-refractivity contribution in [3.05, 3.63) is 42.6 Å². The van der Waals surface area contributed by atoms with Crippen LogP contribution in [0, 0.1) is 0 Å². The monoisotopic (exact) mass is 382 g/mol. The van der Waals surface area contributed by atoms with E-state index in [1.54, 1.807) is 6.33 Å². The molecule has 2 aliphatic rings. The smallest absolute Gasteiger partial charge is 0.132 e. The van der Waals surface area contributed by atoms with Crippen LogP contribution in [0.1, 0.15) is 24.5 Å². The summed E-state index contributed by atoms with van der Waals surface area (Å²) in [5, 5.41) is 0. The molecule has 2 aromatic heterocycles. The van der Waals surface area contributed by atoms with Crippen molar-refractivity contribution in [1.82, 2.24) is 15.0 Å². The molecule has 0 radical (unpaired) electrons. The molecule has 0 spiro atoms. The van der Waals surface area contributed by atoms with Crippen molar-refractivity contribution in [3.8, 4) is 0 Å². The van der Waals surface area contributed by atoms with Crippen molar-refractivity contribution in [2.45, 2.75) is 24.8 Å². The number of nitrogens with two attached hydrogens (primary N) is 1. The molecule has 1 aliphatic carbocycles. The minimum Gasteiger partial charge on any atom is -0.368 e. The molecule has 136 valence electrons. The highest BCUT2D eigenvalue weighted by Crippen LogP contribution is 2.35. The topological polar surface area (TPSA) is 71.2 Å². The van der Waals surface area contributed by atoms with E-state index in [0.29, 0.717) is 12.0 Å². The minimum atomic E-state index is 0. The van der Waals surface area contributed by atoms with Gasteiger partial charge in [0.25, 0.3) is 0 Å². The Morgan fingerprint density at radius 3 is 2.20 bits per heavy atom. The van der Waals surface area contributed by atoms with Crippen molar-refractivity contribution >= 4 is 36.3 Å². The third-order valence-electron chi connectivity index (χ3n) is 4.90. The quantitative estimate of drug-likeness (QED) is 0.877. The average Bonchev–Trinajstić information content (AvgIpc) is 2.60. The summed E-state index contributed by atoms with van der Waals surface area (Å²) < 4.78 is 0.